The first-order valence-electron chi connectivity index (χ1n) is 8.43. The summed E-state index contributed by atoms with van der Waals surface area (Å²) in [5, 5.41) is 2.80. The van der Waals surface area contributed by atoms with Gasteiger partial charge in [0.25, 0.3) is 5.91 Å². The van der Waals surface area contributed by atoms with Gasteiger partial charge in [0.05, 0.1) is 13.7 Å². The Morgan fingerprint density at radius 1 is 1.08 bits per heavy atom. The molecule has 2 rings (SSSR count). The van der Waals surface area contributed by atoms with E-state index in [2.05, 4.69) is 12.2 Å². The minimum absolute atomic E-state index is 0.178. The minimum Gasteiger partial charge on any atom is -0.493 e. The molecule has 134 valence electrons. The molecule has 1 amide bonds. The number of hydrogen-bond donors (Lipinski definition) is 1. The second kappa shape index (κ2) is 9.57. The Morgan fingerprint density at radius 3 is 2.40 bits per heavy atom. The first-order valence-corrected chi connectivity index (χ1v) is 8.43. The summed E-state index contributed by atoms with van der Waals surface area (Å²) in [5.41, 5.74) is 1.23. The lowest BCUT2D eigenvalue weighted by Crippen LogP contribution is -2.38. The van der Waals surface area contributed by atoms with Crippen LogP contribution in [0.15, 0.2) is 48.5 Å². The number of rotatable bonds is 9. The van der Waals surface area contributed by atoms with Crippen LogP contribution in [0.1, 0.15) is 19.4 Å². The second-order valence-electron chi connectivity index (χ2n) is 5.55. The molecule has 25 heavy (non-hydrogen) atoms. The van der Waals surface area contributed by atoms with Gasteiger partial charge in [0.1, 0.15) is 12.4 Å². The van der Waals surface area contributed by atoms with E-state index >= 15 is 0 Å². The minimum atomic E-state index is -0.571. The van der Waals surface area contributed by atoms with Gasteiger partial charge in [-0.15, -0.1) is 0 Å². The van der Waals surface area contributed by atoms with E-state index in [1.165, 1.54) is 5.56 Å². The van der Waals surface area contributed by atoms with Crippen LogP contribution in [0, 0.1) is 0 Å². The summed E-state index contributed by atoms with van der Waals surface area (Å²) in [6, 6.07) is 15.2. The molecule has 0 aliphatic carbocycles. The predicted octanol–water partition coefficient (Wildman–Crippen LogP) is 3.22. The number of carbonyl (C=O) groups is 1. The Kier molecular flexibility index (Phi) is 7.14. The molecule has 0 spiro atoms. The highest BCUT2D eigenvalue weighted by molar-refractivity contribution is 5.80. The van der Waals surface area contributed by atoms with Crippen molar-refractivity contribution in [1.29, 1.82) is 0 Å². The van der Waals surface area contributed by atoms with Crippen LogP contribution in [-0.4, -0.2) is 32.3 Å². The lowest BCUT2D eigenvalue weighted by atomic mass is 10.2. The van der Waals surface area contributed by atoms with E-state index in [1.54, 1.807) is 14.0 Å². The van der Waals surface area contributed by atoms with Crippen molar-refractivity contribution in [2.45, 2.75) is 26.4 Å². The third-order valence-electron chi connectivity index (χ3n) is 3.74. The summed E-state index contributed by atoms with van der Waals surface area (Å²) in [4.78, 5) is 12.1. The summed E-state index contributed by atoms with van der Waals surface area (Å²) >= 11 is 0. The molecule has 2 aromatic carbocycles. The first-order chi connectivity index (χ1) is 12.1. The van der Waals surface area contributed by atoms with Crippen molar-refractivity contribution in [1.82, 2.24) is 5.32 Å². The number of para-hydroxylation sites is 2. The highest BCUT2D eigenvalue weighted by atomic mass is 16.5. The summed E-state index contributed by atoms with van der Waals surface area (Å²) in [6.45, 7) is 4.56. The lowest BCUT2D eigenvalue weighted by Gasteiger charge is -2.15. The average molecular weight is 343 g/mol. The van der Waals surface area contributed by atoms with Crippen molar-refractivity contribution in [2.24, 2.45) is 0 Å². The van der Waals surface area contributed by atoms with Crippen LogP contribution in [0.2, 0.25) is 0 Å². The average Bonchev–Trinajstić information content (AvgIpc) is 2.65. The molecule has 0 radical (unpaired) electrons. The third kappa shape index (κ3) is 5.71. The Morgan fingerprint density at radius 2 is 1.76 bits per heavy atom. The first kappa shape index (κ1) is 18.6. The molecule has 0 fully saturated rings. The van der Waals surface area contributed by atoms with Crippen LogP contribution in [0.4, 0.5) is 0 Å². The van der Waals surface area contributed by atoms with Crippen LogP contribution in [-0.2, 0) is 11.2 Å². The van der Waals surface area contributed by atoms with Crippen molar-refractivity contribution in [3.63, 3.8) is 0 Å². The van der Waals surface area contributed by atoms with Gasteiger partial charge in [-0.05, 0) is 43.2 Å². The van der Waals surface area contributed by atoms with Crippen molar-refractivity contribution < 1.29 is 19.0 Å². The highest BCUT2D eigenvalue weighted by Gasteiger charge is 2.14. The molecule has 1 N–H and O–H groups in total. The number of amides is 1. The monoisotopic (exact) mass is 343 g/mol. The number of ether oxygens (including phenoxy) is 3. The van der Waals surface area contributed by atoms with E-state index in [-0.39, 0.29) is 5.91 Å². The Bertz CT molecular complexity index is 670. The number of benzene rings is 2. The van der Waals surface area contributed by atoms with E-state index in [0.717, 1.165) is 6.42 Å². The summed E-state index contributed by atoms with van der Waals surface area (Å²) in [5.74, 6) is 1.83. The molecule has 0 aromatic heterocycles. The maximum absolute atomic E-state index is 12.1. The quantitative estimate of drug-likeness (QED) is 0.710. The Balaban J connectivity index is 1.73. The zero-order chi connectivity index (χ0) is 18.1. The summed E-state index contributed by atoms with van der Waals surface area (Å²) in [7, 11) is 1.59. The van der Waals surface area contributed by atoms with Crippen LogP contribution in [0.3, 0.4) is 0 Å². The highest BCUT2D eigenvalue weighted by Crippen LogP contribution is 2.25. The van der Waals surface area contributed by atoms with Gasteiger partial charge in [0.15, 0.2) is 17.6 Å². The fraction of sp³-hybridized carbons (Fsp3) is 0.350. The summed E-state index contributed by atoms with van der Waals surface area (Å²) in [6.07, 6.45) is 0.404. The molecule has 0 aliphatic heterocycles. The molecule has 1 atom stereocenters. The summed E-state index contributed by atoms with van der Waals surface area (Å²) < 4.78 is 16.5. The van der Waals surface area contributed by atoms with Crippen molar-refractivity contribution in [3.05, 3.63) is 54.1 Å². The van der Waals surface area contributed by atoms with Gasteiger partial charge < -0.3 is 19.5 Å². The van der Waals surface area contributed by atoms with E-state index in [0.29, 0.717) is 30.4 Å². The SMILES string of the molecule is CCc1ccc(O[C@@H](C)C(=O)NCCOc2ccccc2OC)cc1. The molecule has 5 heteroatoms. The number of hydrogen-bond acceptors (Lipinski definition) is 4. The van der Waals surface area contributed by atoms with Crippen LogP contribution in [0.5, 0.6) is 17.2 Å². The van der Waals surface area contributed by atoms with Crippen molar-refractivity contribution in [3.8, 4) is 17.2 Å². The van der Waals surface area contributed by atoms with Crippen LogP contribution < -0.4 is 19.5 Å². The molecule has 0 heterocycles. The van der Waals surface area contributed by atoms with Crippen molar-refractivity contribution in [2.75, 3.05) is 20.3 Å². The molecular formula is C20H25NO4. The number of methoxy groups -OCH3 is 1. The van der Waals surface area contributed by atoms with Crippen molar-refractivity contribution >= 4 is 5.91 Å². The van der Waals surface area contributed by atoms with Gasteiger partial charge in [-0.3, -0.25) is 4.79 Å². The largest absolute Gasteiger partial charge is 0.493 e. The van der Waals surface area contributed by atoms with Gasteiger partial charge in [0.2, 0.25) is 0 Å². The smallest absolute Gasteiger partial charge is 0.260 e. The van der Waals surface area contributed by atoms with Gasteiger partial charge >= 0.3 is 0 Å². The normalized spacial score (nSPS) is 11.5. The van der Waals surface area contributed by atoms with E-state index in [4.69, 9.17) is 14.2 Å². The third-order valence-corrected chi connectivity index (χ3v) is 3.74. The van der Waals surface area contributed by atoms with Gasteiger partial charge in [0, 0.05) is 0 Å². The molecule has 0 saturated carbocycles. The van der Waals surface area contributed by atoms with Gasteiger partial charge in [-0.2, -0.15) is 0 Å². The number of aryl methyl sites for hydroxylation is 1. The van der Waals surface area contributed by atoms with Crippen LogP contribution in [0.25, 0.3) is 0 Å². The van der Waals surface area contributed by atoms with Gasteiger partial charge in [-0.1, -0.05) is 31.2 Å². The predicted molar refractivity (Wildman–Crippen MR) is 97.4 cm³/mol. The Labute approximate surface area is 148 Å². The second-order valence-corrected chi connectivity index (χ2v) is 5.55. The molecule has 0 bridgehead atoms. The fourth-order valence-electron chi connectivity index (χ4n) is 2.28. The molecular weight excluding hydrogens is 318 g/mol. The Hall–Kier alpha value is -2.69. The number of carbonyl (C=O) groups excluding carboxylic acids is 1. The zero-order valence-electron chi connectivity index (χ0n) is 15.0. The maximum atomic E-state index is 12.1. The lowest BCUT2D eigenvalue weighted by molar-refractivity contribution is -0.127. The topological polar surface area (TPSA) is 56.8 Å². The molecule has 2 aromatic rings. The van der Waals surface area contributed by atoms with E-state index in [1.807, 2.05) is 48.5 Å². The molecule has 5 nitrogen and oxygen atoms in total. The molecule has 0 aliphatic rings. The van der Waals surface area contributed by atoms with Gasteiger partial charge in [-0.25, -0.2) is 0 Å². The van der Waals surface area contributed by atoms with E-state index < -0.39 is 6.10 Å². The van der Waals surface area contributed by atoms with Crippen LogP contribution >= 0.6 is 0 Å². The fourth-order valence-corrected chi connectivity index (χ4v) is 2.28. The standard InChI is InChI=1S/C20H25NO4/c1-4-16-9-11-17(12-10-16)25-15(2)20(22)21-13-14-24-19-8-6-5-7-18(19)23-3/h5-12,15H,4,13-14H2,1-3H3,(H,21,22)/t15-/m0/s1. The maximum Gasteiger partial charge on any atom is 0.260 e. The molecule has 0 saturated heterocycles. The molecule has 0 unspecified atom stereocenters. The van der Waals surface area contributed by atoms with E-state index in [9.17, 15) is 4.79 Å². The zero-order valence-corrected chi connectivity index (χ0v) is 15.0. The number of nitrogens with one attached hydrogen (secondary N) is 1.